The minimum absolute atomic E-state index is 0.103. The summed E-state index contributed by atoms with van der Waals surface area (Å²) >= 11 is 0. The quantitative estimate of drug-likeness (QED) is 0.514. The molecule has 8 nitrogen and oxygen atoms in total. The maximum absolute atomic E-state index is 13.2. The summed E-state index contributed by atoms with van der Waals surface area (Å²) in [5.41, 5.74) is 2.40. The molecule has 0 aliphatic carbocycles. The van der Waals surface area contributed by atoms with Crippen LogP contribution in [0.1, 0.15) is 21.6 Å². The normalized spacial score (nSPS) is 16.7. The van der Waals surface area contributed by atoms with E-state index in [1.54, 1.807) is 18.5 Å². The Morgan fingerprint density at radius 3 is 2.61 bits per heavy atom. The third kappa shape index (κ3) is 5.73. The van der Waals surface area contributed by atoms with Crippen LogP contribution in [-0.4, -0.2) is 73.3 Å². The van der Waals surface area contributed by atoms with E-state index in [1.165, 1.54) is 12.1 Å². The molecule has 3 aromatic rings. The van der Waals surface area contributed by atoms with Crippen LogP contribution in [0.4, 0.5) is 24.5 Å². The minimum Gasteiger partial charge on any atom is -0.470 e. The van der Waals surface area contributed by atoms with E-state index >= 15 is 0 Å². The molecular formula is C27H28F3N5O3. The number of hydrogen-bond acceptors (Lipinski definition) is 7. The Labute approximate surface area is 218 Å². The van der Waals surface area contributed by atoms with Crippen molar-refractivity contribution in [3.63, 3.8) is 0 Å². The summed E-state index contributed by atoms with van der Waals surface area (Å²) in [7, 11) is 1.96. The van der Waals surface area contributed by atoms with Gasteiger partial charge < -0.3 is 19.7 Å². The van der Waals surface area contributed by atoms with Gasteiger partial charge in [-0.1, -0.05) is 6.07 Å². The fourth-order valence-corrected chi connectivity index (χ4v) is 4.53. The van der Waals surface area contributed by atoms with Gasteiger partial charge in [0.05, 0.1) is 30.7 Å². The maximum atomic E-state index is 13.2. The van der Waals surface area contributed by atoms with Gasteiger partial charge in [0.2, 0.25) is 5.88 Å². The molecule has 0 saturated carbocycles. The number of carbonyl (C=O) groups is 1. The van der Waals surface area contributed by atoms with Crippen molar-refractivity contribution in [1.82, 2.24) is 14.9 Å². The van der Waals surface area contributed by atoms with E-state index in [4.69, 9.17) is 9.47 Å². The van der Waals surface area contributed by atoms with Crippen molar-refractivity contribution in [1.29, 1.82) is 0 Å². The summed E-state index contributed by atoms with van der Waals surface area (Å²) < 4.78 is 51.2. The van der Waals surface area contributed by atoms with Crippen molar-refractivity contribution in [3.8, 4) is 17.0 Å². The summed E-state index contributed by atoms with van der Waals surface area (Å²) in [4.78, 5) is 26.4. The highest BCUT2D eigenvalue weighted by molar-refractivity contribution is 6.05. The molecule has 2 aliphatic heterocycles. The van der Waals surface area contributed by atoms with E-state index < -0.39 is 17.6 Å². The molecule has 0 spiro atoms. The first-order valence-corrected chi connectivity index (χ1v) is 12.3. The molecule has 2 saturated heterocycles. The zero-order chi connectivity index (χ0) is 26.9. The minimum atomic E-state index is -4.56. The van der Waals surface area contributed by atoms with Gasteiger partial charge in [-0.3, -0.25) is 14.7 Å². The number of aromatic nitrogens is 2. The largest absolute Gasteiger partial charge is 0.470 e. The van der Waals surface area contributed by atoms with Crippen molar-refractivity contribution in [2.75, 3.05) is 56.7 Å². The van der Waals surface area contributed by atoms with Crippen molar-refractivity contribution in [2.45, 2.75) is 19.2 Å². The second-order valence-corrected chi connectivity index (χ2v) is 9.50. The predicted octanol–water partition coefficient (Wildman–Crippen LogP) is 4.25. The predicted molar refractivity (Wildman–Crippen MR) is 137 cm³/mol. The number of likely N-dealkylation sites (tertiary alicyclic amines) is 1. The number of alkyl halides is 3. The lowest BCUT2D eigenvalue weighted by atomic mass is 10.0. The first-order chi connectivity index (χ1) is 18.2. The molecule has 11 heteroatoms. The van der Waals surface area contributed by atoms with Crippen molar-refractivity contribution >= 4 is 17.3 Å². The molecule has 5 rings (SSSR count). The molecule has 200 valence electrons. The lowest BCUT2D eigenvalue weighted by Gasteiger charge is -2.36. The zero-order valence-corrected chi connectivity index (χ0v) is 21.1. The first kappa shape index (κ1) is 25.9. The highest BCUT2D eigenvalue weighted by atomic mass is 19.4. The Morgan fingerprint density at radius 2 is 1.89 bits per heavy atom. The van der Waals surface area contributed by atoms with Crippen LogP contribution in [0.5, 0.6) is 5.88 Å². The molecule has 0 radical (unpaired) electrons. The summed E-state index contributed by atoms with van der Waals surface area (Å²) in [6.07, 6.45) is -1.15. The second-order valence-electron chi connectivity index (χ2n) is 9.50. The Hall–Kier alpha value is -3.70. The van der Waals surface area contributed by atoms with Crippen molar-refractivity contribution in [2.24, 2.45) is 0 Å². The Bertz CT molecular complexity index is 1320. The third-order valence-electron chi connectivity index (χ3n) is 6.60. The molecule has 38 heavy (non-hydrogen) atoms. The highest BCUT2D eigenvalue weighted by Crippen LogP contribution is 2.35. The van der Waals surface area contributed by atoms with E-state index in [0.717, 1.165) is 42.0 Å². The Kier molecular flexibility index (Phi) is 7.22. The monoisotopic (exact) mass is 527 g/mol. The smallest absolute Gasteiger partial charge is 0.416 e. The molecule has 2 aliphatic rings. The van der Waals surface area contributed by atoms with E-state index in [-0.39, 0.29) is 23.2 Å². The van der Waals surface area contributed by atoms with Gasteiger partial charge in [-0.25, -0.2) is 4.98 Å². The number of likely N-dealkylation sites (N-methyl/N-ethyl adjacent to an activating group) is 1. The van der Waals surface area contributed by atoms with Crippen LogP contribution in [0.3, 0.4) is 0 Å². The van der Waals surface area contributed by atoms with Gasteiger partial charge in [-0.2, -0.15) is 13.2 Å². The lowest BCUT2D eigenvalue weighted by molar-refractivity contribution is -0.137. The number of nitrogens with zero attached hydrogens (tertiary/aromatic N) is 4. The summed E-state index contributed by atoms with van der Waals surface area (Å²) in [6, 6.07) is 8.05. The van der Waals surface area contributed by atoms with Gasteiger partial charge in [0.1, 0.15) is 11.8 Å². The van der Waals surface area contributed by atoms with E-state index in [9.17, 15) is 18.0 Å². The number of halogens is 3. The van der Waals surface area contributed by atoms with Crippen LogP contribution < -0.4 is 15.0 Å². The molecule has 0 atom stereocenters. The molecule has 2 aromatic heterocycles. The number of amides is 1. The van der Waals surface area contributed by atoms with E-state index in [0.29, 0.717) is 32.0 Å². The average Bonchev–Trinajstić information content (AvgIpc) is 2.89. The molecule has 1 amide bonds. The number of hydrogen-bond donors (Lipinski definition) is 1. The molecule has 1 aromatic carbocycles. The zero-order valence-electron chi connectivity index (χ0n) is 21.1. The average molecular weight is 528 g/mol. The van der Waals surface area contributed by atoms with Gasteiger partial charge in [-0.15, -0.1) is 0 Å². The number of benzene rings is 1. The molecule has 1 N–H and O–H groups in total. The highest BCUT2D eigenvalue weighted by Gasteiger charge is 2.31. The number of ether oxygens (including phenoxy) is 2. The van der Waals surface area contributed by atoms with Gasteiger partial charge in [0, 0.05) is 54.8 Å². The van der Waals surface area contributed by atoms with Crippen LogP contribution in [0.15, 0.2) is 48.8 Å². The maximum Gasteiger partial charge on any atom is 0.416 e. The van der Waals surface area contributed by atoms with E-state index in [2.05, 4.69) is 25.1 Å². The lowest BCUT2D eigenvalue weighted by Crippen LogP contribution is -2.51. The topological polar surface area (TPSA) is 79.8 Å². The number of rotatable bonds is 6. The first-order valence-electron chi connectivity index (χ1n) is 12.3. The van der Waals surface area contributed by atoms with Crippen LogP contribution in [0.2, 0.25) is 0 Å². The fraction of sp³-hybridized carbons (Fsp3) is 0.370. The number of carbonyl (C=O) groups excluding carboxylic acids is 1. The standard InChI is InChI=1S/C27H28F3N5O3/c1-17-23(19-11-21(14-31-13-19)35-6-8-37-9-7-35)12-24(26(32-17)38-22-15-34(2)16-22)33-25(36)18-4-3-5-20(10-18)27(28,29)30/h3-5,10-14,22H,6-9,15-16H2,1-2H3,(H,33,36). The summed E-state index contributed by atoms with van der Waals surface area (Å²) in [5, 5.41) is 2.73. The molecule has 0 bridgehead atoms. The summed E-state index contributed by atoms with van der Waals surface area (Å²) in [6.45, 7) is 6.03. The number of aryl methyl sites for hydroxylation is 1. The number of nitrogens with one attached hydrogen (secondary N) is 1. The summed E-state index contributed by atoms with van der Waals surface area (Å²) in [5.74, 6) is -0.467. The molecule has 2 fully saturated rings. The van der Waals surface area contributed by atoms with Crippen LogP contribution >= 0.6 is 0 Å². The van der Waals surface area contributed by atoms with Gasteiger partial charge in [0.25, 0.3) is 5.91 Å². The van der Waals surface area contributed by atoms with Crippen molar-refractivity contribution < 1.29 is 27.4 Å². The SMILES string of the molecule is Cc1nc(OC2CN(C)C2)c(NC(=O)c2cccc(C(F)(F)F)c2)cc1-c1cncc(N2CCOCC2)c1. The fourth-order valence-electron chi connectivity index (χ4n) is 4.53. The van der Waals surface area contributed by atoms with E-state index in [1.807, 2.05) is 20.0 Å². The third-order valence-corrected chi connectivity index (χ3v) is 6.60. The molecule has 0 unspecified atom stereocenters. The Morgan fingerprint density at radius 1 is 1.13 bits per heavy atom. The van der Waals surface area contributed by atoms with Gasteiger partial charge in [-0.05, 0) is 44.3 Å². The van der Waals surface area contributed by atoms with Crippen molar-refractivity contribution in [3.05, 3.63) is 65.6 Å². The van der Waals surface area contributed by atoms with Gasteiger partial charge in [0.15, 0.2) is 0 Å². The Balaban J connectivity index is 1.48. The molecular weight excluding hydrogens is 499 g/mol. The van der Waals surface area contributed by atoms with Crippen LogP contribution in [0, 0.1) is 6.92 Å². The second kappa shape index (κ2) is 10.6. The number of pyridine rings is 2. The number of anilines is 2. The van der Waals surface area contributed by atoms with Crippen LogP contribution in [-0.2, 0) is 10.9 Å². The molecule has 4 heterocycles. The van der Waals surface area contributed by atoms with Crippen LogP contribution in [0.25, 0.3) is 11.1 Å². The number of morpholine rings is 1. The van der Waals surface area contributed by atoms with Gasteiger partial charge >= 0.3 is 6.18 Å².